The van der Waals surface area contributed by atoms with Crippen molar-refractivity contribution in [3.05, 3.63) is 17.8 Å². The van der Waals surface area contributed by atoms with Crippen molar-refractivity contribution in [1.82, 2.24) is 14.8 Å². The number of aromatic nitrogens is 1. The van der Waals surface area contributed by atoms with Crippen LogP contribution in [0.4, 0.5) is 5.82 Å². The first kappa shape index (κ1) is 20.5. The molecular formula is C23H36N4O2. The lowest BCUT2D eigenvalue weighted by Crippen LogP contribution is -2.47. The van der Waals surface area contributed by atoms with Crippen LogP contribution < -0.4 is 9.64 Å². The Morgan fingerprint density at radius 2 is 1.86 bits per heavy atom. The Hall–Kier alpha value is -1.82. The van der Waals surface area contributed by atoms with Gasteiger partial charge >= 0.3 is 0 Å². The number of fused-ring (bicyclic) bond motifs is 1. The predicted octanol–water partition coefficient (Wildman–Crippen LogP) is 2.81. The van der Waals surface area contributed by atoms with Gasteiger partial charge < -0.3 is 14.5 Å². The number of carbonyl (C=O) groups is 1. The maximum Gasteiger partial charge on any atom is 0.222 e. The Bertz CT molecular complexity index is 692. The van der Waals surface area contributed by atoms with Crippen molar-refractivity contribution < 1.29 is 9.53 Å². The number of hydrogen-bond acceptors (Lipinski definition) is 5. The zero-order valence-electron chi connectivity index (χ0n) is 18.1. The highest BCUT2D eigenvalue weighted by atomic mass is 16.5. The van der Waals surface area contributed by atoms with Gasteiger partial charge in [-0.2, -0.15) is 0 Å². The third-order valence-electron chi connectivity index (χ3n) is 7.04. The fourth-order valence-corrected chi connectivity index (χ4v) is 5.02. The lowest BCUT2D eigenvalue weighted by molar-refractivity contribution is -0.130. The van der Waals surface area contributed by atoms with Gasteiger partial charge in [0.05, 0.1) is 6.61 Å². The van der Waals surface area contributed by atoms with Gasteiger partial charge in [0.2, 0.25) is 5.91 Å². The van der Waals surface area contributed by atoms with Gasteiger partial charge in [0.15, 0.2) is 11.6 Å². The van der Waals surface area contributed by atoms with Crippen molar-refractivity contribution in [3.63, 3.8) is 0 Å². The fraction of sp³-hybridized carbons (Fsp3) is 0.739. The van der Waals surface area contributed by atoms with Crippen LogP contribution in [-0.2, 0) is 11.2 Å². The molecule has 2 aliphatic heterocycles. The van der Waals surface area contributed by atoms with Crippen LogP contribution in [0.25, 0.3) is 0 Å². The summed E-state index contributed by atoms with van der Waals surface area (Å²) < 4.78 is 5.84. The molecule has 1 amide bonds. The molecule has 6 nitrogen and oxygen atoms in total. The third-order valence-corrected chi connectivity index (χ3v) is 7.04. The molecule has 0 unspecified atom stereocenters. The quantitative estimate of drug-likeness (QED) is 0.735. The van der Waals surface area contributed by atoms with E-state index < -0.39 is 0 Å². The van der Waals surface area contributed by atoms with Gasteiger partial charge in [0.1, 0.15) is 0 Å². The van der Waals surface area contributed by atoms with Crippen LogP contribution in [0, 0.1) is 11.8 Å². The van der Waals surface area contributed by atoms with Crippen LogP contribution in [0.2, 0.25) is 0 Å². The Labute approximate surface area is 175 Å². The van der Waals surface area contributed by atoms with E-state index in [1.54, 1.807) is 4.90 Å². The molecule has 1 saturated heterocycles. The van der Waals surface area contributed by atoms with E-state index in [0.717, 1.165) is 63.1 Å². The molecule has 0 spiro atoms. The van der Waals surface area contributed by atoms with Crippen molar-refractivity contribution >= 4 is 11.7 Å². The second-order valence-corrected chi connectivity index (χ2v) is 9.22. The van der Waals surface area contributed by atoms with Crippen molar-refractivity contribution in [2.24, 2.45) is 11.8 Å². The molecule has 0 bridgehead atoms. The topological polar surface area (TPSA) is 48.9 Å². The zero-order chi connectivity index (χ0) is 20.2. The summed E-state index contributed by atoms with van der Waals surface area (Å²) in [6.07, 6.45) is 10.0. The number of anilines is 1. The molecule has 0 radical (unpaired) electrons. The molecule has 4 rings (SSSR count). The van der Waals surface area contributed by atoms with Crippen molar-refractivity contribution in [3.8, 4) is 5.75 Å². The molecule has 1 aliphatic carbocycles. The van der Waals surface area contributed by atoms with E-state index in [2.05, 4.69) is 20.9 Å². The van der Waals surface area contributed by atoms with E-state index in [1.807, 2.05) is 20.3 Å². The number of amides is 1. The van der Waals surface area contributed by atoms with E-state index in [-0.39, 0.29) is 5.91 Å². The molecule has 160 valence electrons. The minimum Gasteiger partial charge on any atom is -0.489 e. The summed E-state index contributed by atoms with van der Waals surface area (Å²) in [4.78, 5) is 23.3. The number of hydrogen-bond donors (Lipinski definition) is 0. The normalized spacial score (nSPS) is 24.8. The van der Waals surface area contributed by atoms with Gasteiger partial charge in [0.25, 0.3) is 0 Å². The third kappa shape index (κ3) is 5.03. The SMILES string of the molecule is CN(C)C(=O)CC1CCC(CCN2CCN(c3nccc4c3OCC4)CC2)CC1. The van der Waals surface area contributed by atoms with Crippen molar-refractivity contribution in [2.75, 3.05) is 58.3 Å². The molecule has 3 heterocycles. The van der Waals surface area contributed by atoms with E-state index in [9.17, 15) is 4.79 Å². The van der Waals surface area contributed by atoms with Gasteiger partial charge in [-0.3, -0.25) is 9.69 Å². The summed E-state index contributed by atoms with van der Waals surface area (Å²) in [6.45, 7) is 6.28. The molecule has 0 N–H and O–H groups in total. The van der Waals surface area contributed by atoms with Crippen molar-refractivity contribution in [1.29, 1.82) is 0 Å². The summed E-state index contributed by atoms with van der Waals surface area (Å²) in [5.41, 5.74) is 1.31. The molecule has 1 aromatic rings. The highest BCUT2D eigenvalue weighted by Gasteiger charge is 2.27. The molecule has 0 aromatic carbocycles. The van der Waals surface area contributed by atoms with E-state index in [4.69, 9.17) is 4.74 Å². The van der Waals surface area contributed by atoms with Crippen molar-refractivity contribution in [2.45, 2.75) is 44.9 Å². The second-order valence-electron chi connectivity index (χ2n) is 9.22. The number of ether oxygens (including phenoxy) is 1. The highest BCUT2D eigenvalue weighted by Crippen LogP contribution is 2.35. The minimum absolute atomic E-state index is 0.287. The lowest BCUT2D eigenvalue weighted by atomic mass is 9.79. The Kier molecular flexibility index (Phi) is 6.58. The summed E-state index contributed by atoms with van der Waals surface area (Å²) in [6, 6.07) is 2.09. The summed E-state index contributed by atoms with van der Waals surface area (Å²) in [5.74, 6) is 3.80. The zero-order valence-corrected chi connectivity index (χ0v) is 18.1. The maximum atomic E-state index is 11.9. The Morgan fingerprint density at radius 3 is 2.59 bits per heavy atom. The van der Waals surface area contributed by atoms with Crippen LogP contribution in [0.5, 0.6) is 5.75 Å². The summed E-state index contributed by atoms with van der Waals surface area (Å²) >= 11 is 0. The molecule has 6 heteroatoms. The first-order valence-corrected chi connectivity index (χ1v) is 11.4. The first-order valence-electron chi connectivity index (χ1n) is 11.4. The summed E-state index contributed by atoms with van der Waals surface area (Å²) in [5, 5.41) is 0. The molecule has 3 aliphatic rings. The standard InChI is InChI=1S/C23H36N4O2/c1-25(2)21(28)17-19-5-3-18(4-6-19)8-11-26-12-14-27(15-13-26)23-22-20(7-10-24-23)9-16-29-22/h7,10,18-19H,3-6,8-9,11-17H2,1-2H3. The van der Waals surface area contributed by atoms with Gasteiger partial charge in [0, 0.05) is 64.9 Å². The number of piperazine rings is 1. The largest absolute Gasteiger partial charge is 0.489 e. The molecule has 1 saturated carbocycles. The van der Waals surface area contributed by atoms with Gasteiger partial charge in [-0.1, -0.05) is 12.8 Å². The van der Waals surface area contributed by atoms with Gasteiger partial charge in [-0.05, 0) is 43.7 Å². The number of pyridine rings is 1. The maximum absolute atomic E-state index is 11.9. The smallest absolute Gasteiger partial charge is 0.222 e. The highest BCUT2D eigenvalue weighted by molar-refractivity contribution is 5.75. The van der Waals surface area contributed by atoms with Crippen LogP contribution in [0.1, 0.15) is 44.1 Å². The average Bonchev–Trinajstić information content (AvgIpc) is 3.22. The number of nitrogens with zero attached hydrogens (tertiary/aromatic N) is 4. The van der Waals surface area contributed by atoms with Crippen LogP contribution in [0.15, 0.2) is 12.3 Å². The first-order chi connectivity index (χ1) is 14.1. The van der Waals surface area contributed by atoms with Crippen LogP contribution in [-0.4, -0.2) is 74.1 Å². The Balaban J connectivity index is 1.17. The predicted molar refractivity (Wildman–Crippen MR) is 115 cm³/mol. The molecule has 29 heavy (non-hydrogen) atoms. The number of carbonyl (C=O) groups excluding carboxylic acids is 1. The molecule has 1 aromatic heterocycles. The van der Waals surface area contributed by atoms with E-state index in [0.29, 0.717) is 5.92 Å². The minimum atomic E-state index is 0.287. The second kappa shape index (κ2) is 9.33. The lowest BCUT2D eigenvalue weighted by Gasteiger charge is -2.37. The molecule has 2 fully saturated rings. The fourth-order valence-electron chi connectivity index (χ4n) is 5.02. The van der Waals surface area contributed by atoms with Gasteiger partial charge in [-0.25, -0.2) is 4.98 Å². The van der Waals surface area contributed by atoms with Gasteiger partial charge in [-0.15, -0.1) is 0 Å². The van der Waals surface area contributed by atoms with E-state index >= 15 is 0 Å². The van der Waals surface area contributed by atoms with E-state index in [1.165, 1.54) is 44.2 Å². The van der Waals surface area contributed by atoms with Crippen LogP contribution >= 0.6 is 0 Å². The Morgan fingerprint density at radius 1 is 1.14 bits per heavy atom. The average molecular weight is 401 g/mol. The number of rotatable bonds is 6. The molecular weight excluding hydrogens is 364 g/mol. The molecule has 0 atom stereocenters. The van der Waals surface area contributed by atoms with Crippen LogP contribution in [0.3, 0.4) is 0 Å². The summed E-state index contributed by atoms with van der Waals surface area (Å²) in [7, 11) is 3.73. The monoisotopic (exact) mass is 400 g/mol.